The third kappa shape index (κ3) is 32.3. The fourth-order valence-electron chi connectivity index (χ4n) is 4.24. The van der Waals surface area contributed by atoms with Gasteiger partial charge in [-0.05, 0) is 77.0 Å². The Bertz CT molecular complexity index is 744. The highest BCUT2D eigenvalue weighted by Gasteiger charge is 2.13. The lowest BCUT2D eigenvalue weighted by molar-refractivity contribution is -0.154. The molecule has 0 aliphatic heterocycles. The predicted octanol–water partition coefficient (Wildman–Crippen LogP) is 10.7. The van der Waals surface area contributed by atoms with Gasteiger partial charge in [-0.1, -0.05) is 125 Å². The molecular formula is C38H64O4. The normalized spacial score (nSPS) is 13.3. The molecule has 1 unspecified atom stereocenters. The number of hydrogen-bond acceptors (Lipinski definition) is 4. The van der Waals surface area contributed by atoms with E-state index in [9.17, 15) is 9.90 Å². The first-order chi connectivity index (χ1) is 20.7. The first-order valence-electron chi connectivity index (χ1n) is 17.0. The highest BCUT2D eigenvalue weighted by Crippen LogP contribution is 2.10. The maximum Gasteiger partial charge on any atom is 0.306 e. The molecule has 0 fully saturated rings. The number of esters is 1. The van der Waals surface area contributed by atoms with Crippen molar-refractivity contribution in [1.29, 1.82) is 0 Å². The predicted molar refractivity (Wildman–Crippen MR) is 182 cm³/mol. The maximum absolute atomic E-state index is 12.1. The average Bonchev–Trinajstić information content (AvgIpc) is 3.00. The molecule has 0 aromatic carbocycles. The third-order valence-electron chi connectivity index (χ3n) is 6.75. The zero-order valence-corrected chi connectivity index (χ0v) is 27.2. The van der Waals surface area contributed by atoms with E-state index in [4.69, 9.17) is 9.47 Å². The highest BCUT2D eigenvalue weighted by atomic mass is 16.6. The number of carbonyl (C=O) groups excluding carboxylic acids is 1. The Morgan fingerprint density at radius 2 is 1.07 bits per heavy atom. The number of rotatable bonds is 30. The van der Waals surface area contributed by atoms with Crippen molar-refractivity contribution in [3.8, 4) is 0 Å². The van der Waals surface area contributed by atoms with Crippen molar-refractivity contribution in [2.45, 2.75) is 142 Å². The van der Waals surface area contributed by atoms with Crippen LogP contribution in [0.3, 0.4) is 0 Å². The van der Waals surface area contributed by atoms with Crippen molar-refractivity contribution in [3.05, 3.63) is 72.9 Å². The number of hydrogen-bond donors (Lipinski definition) is 1. The molecule has 0 radical (unpaired) electrons. The van der Waals surface area contributed by atoms with E-state index >= 15 is 0 Å². The van der Waals surface area contributed by atoms with E-state index in [2.05, 4.69) is 86.8 Å². The summed E-state index contributed by atoms with van der Waals surface area (Å²) in [6.07, 6.45) is 46.5. The van der Waals surface area contributed by atoms with Crippen molar-refractivity contribution < 1.29 is 19.4 Å². The molecule has 0 amide bonds. The molecule has 240 valence electrons. The van der Waals surface area contributed by atoms with Crippen LogP contribution < -0.4 is 0 Å². The van der Waals surface area contributed by atoms with E-state index in [1.807, 2.05) is 0 Å². The van der Waals surface area contributed by atoms with Gasteiger partial charge in [0.2, 0.25) is 0 Å². The standard InChI is InChI=1S/C38H64O4/c1-3-5-7-9-11-13-15-16-17-18-19-20-21-22-23-24-26-28-30-32-34-41-36-37(35-39)42-38(40)33-31-29-27-25-14-12-10-8-6-4-2/h5,7-8,10-11,13,16-17,19-20,22-23,37,39H,3-4,6,9,12,14-15,18,21,24-36H2,1-2H3/b7-5-,10-8-,13-11-,17-16-,20-19-,23-22-. The van der Waals surface area contributed by atoms with Gasteiger partial charge in [0.15, 0.2) is 0 Å². The van der Waals surface area contributed by atoms with Crippen LogP contribution >= 0.6 is 0 Å². The molecule has 0 rings (SSSR count). The van der Waals surface area contributed by atoms with Crippen LogP contribution in [0, 0.1) is 0 Å². The number of aliphatic hydroxyl groups excluding tert-OH is 1. The SMILES string of the molecule is CC/C=C\C/C=C\C/C=C\C/C=C\C/C=C\CCCCCCOCC(CO)OC(=O)CCCCCCC/C=C\CCC. The Morgan fingerprint density at radius 1 is 0.595 bits per heavy atom. The molecule has 0 aliphatic carbocycles. The Morgan fingerprint density at radius 3 is 1.64 bits per heavy atom. The lowest BCUT2D eigenvalue weighted by Crippen LogP contribution is -2.27. The zero-order valence-electron chi connectivity index (χ0n) is 27.2. The van der Waals surface area contributed by atoms with Gasteiger partial charge in [0.1, 0.15) is 6.10 Å². The monoisotopic (exact) mass is 584 g/mol. The van der Waals surface area contributed by atoms with E-state index in [1.54, 1.807) is 0 Å². The topological polar surface area (TPSA) is 55.8 Å². The summed E-state index contributed by atoms with van der Waals surface area (Å²) in [6, 6.07) is 0. The molecule has 0 spiro atoms. The summed E-state index contributed by atoms with van der Waals surface area (Å²) in [7, 11) is 0. The van der Waals surface area contributed by atoms with Crippen LogP contribution in [0.25, 0.3) is 0 Å². The summed E-state index contributed by atoms with van der Waals surface area (Å²) in [5.74, 6) is -0.227. The Labute approximate surface area is 259 Å². The minimum absolute atomic E-state index is 0.190. The summed E-state index contributed by atoms with van der Waals surface area (Å²) in [4.78, 5) is 12.1. The van der Waals surface area contributed by atoms with Crippen LogP contribution in [0.4, 0.5) is 0 Å². The second kappa shape index (κ2) is 35.0. The molecule has 0 saturated carbocycles. The lowest BCUT2D eigenvalue weighted by Gasteiger charge is -2.15. The molecule has 0 aromatic rings. The van der Waals surface area contributed by atoms with Gasteiger partial charge in [-0.15, -0.1) is 0 Å². The van der Waals surface area contributed by atoms with Crippen molar-refractivity contribution in [2.75, 3.05) is 19.8 Å². The van der Waals surface area contributed by atoms with E-state index < -0.39 is 6.10 Å². The maximum atomic E-state index is 12.1. The number of allylic oxidation sites excluding steroid dienone is 12. The fraction of sp³-hybridized carbons (Fsp3) is 0.658. The minimum Gasteiger partial charge on any atom is -0.457 e. The Kier molecular flexibility index (Phi) is 33.2. The third-order valence-corrected chi connectivity index (χ3v) is 6.75. The van der Waals surface area contributed by atoms with Gasteiger partial charge in [-0.25, -0.2) is 0 Å². The first kappa shape index (κ1) is 39.8. The molecule has 4 heteroatoms. The van der Waals surface area contributed by atoms with Crippen LogP contribution in [0.5, 0.6) is 0 Å². The summed E-state index contributed by atoms with van der Waals surface area (Å²) < 4.78 is 11.0. The molecule has 1 N–H and O–H groups in total. The highest BCUT2D eigenvalue weighted by molar-refractivity contribution is 5.69. The molecule has 0 heterocycles. The van der Waals surface area contributed by atoms with Gasteiger partial charge in [0.05, 0.1) is 13.2 Å². The summed E-state index contributed by atoms with van der Waals surface area (Å²) in [5.41, 5.74) is 0. The van der Waals surface area contributed by atoms with Gasteiger partial charge in [-0.2, -0.15) is 0 Å². The van der Waals surface area contributed by atoms with Crippen molar-refractivity contribution >= 4 is 5.97 Å². The number of ether oxygens (including phenoxy) is 2. The molecule has 4 nitrogen and oxygen atoms in total. The van der Waals surface area contributed by atoms with Crippen LogP contribution in [0.2, 0.25) is 0 Å². The Hall–Kier alpha value is -2.17. The molecule has 1 atom stereocenters. The summed E-state index contributed by atoms with van der Waals surface area (Å²) >= 11 is 0. The van der Waals surface area contributed by atoms with Crippen LogP contribution in [0.1, 0.15) is 136 Å². The largest absolute Gasteiger partial charge is 0.457 e. The molecule has 0 aromatic heterocycles. The fourth-order valence-corrected chi connectivity index (χ4v) is 4.24. The average molecular weight is 585 g/mol. The first-order valence-corrected chi connectivity index (χ1v) is 17.0. The van der Waals surface area contributed by atoms with Crippen molar-refractivity contribution in [1.82, 2.24) is 0 Å². The number of unbranched alkanes of at least 4 members (excludes halogenated alkanes) is 10. The molecule has 0 saturated heterocycles. The summed E-state index contributed by atoms with van der Waals surface area (Å²) in [5, 5.41) is 9.51. The van der Waals surface area contributed by atoms with E-state index in [0.29, 0.717) is 13.0 Å². The second-order valence-electron chi connectivity index (χ2n) is 10.8. The van der Waals surface area contributed by atoms with Gasteiger partial charge >= 0.3 is 5.97 Å². The smallest absolute Gasteiger partial charge is 0.306 e. The van der Waals surface area contributed by atoms with Gasteiger partial charge < -0.3 is 14.6 Å². The van der Waals surface area contributed by atoms with Crippen LogP contribution in [0.15, 0.2) is 72.9 Å². The number of carbonyl (C=O) groups is 1. The molecule has 0 aliphatic rings. The van der Waals surface area contributed by atoms with E-state index in [0.717, 1.165) is 77.0 Å². The Balaban J connectivity index is 3.56. The van der Waals surface area contributed by atoms with Crippen molar-refractivity contribution in [2.24, 2.45) is 0 Å². The second-order valence-corrected chi connectivity index (χ2v) is 10.8. The number of aliphatic hydroxyl groups is 1. The van der Waals surface area contributed by atoms with Gasteiger partial charge in [-0.3, -0.25) is 4.79 Å². The van der Waals surface area contributed by atoms with E-state index in [1.165, 1.54) is 38.5 Å². The quantitative estimate of drug-likeness (QED) is 0.0518. The van der Waals surface area contributed by atoms with Crippen molar-refractivity contribution in [3.63, 3.8) is 0 Å². The lowest BCUT2D eigenvalue weighted by atomic mass is 10.1. The van der Waals surface area contributed by atoms with Crippen LogP contribution in [-0.2, 0) is 14.3 Å². The van der Waals surface area contributed by atoms with Gasteiger partial charge in [0, 0.05) is 13.0 Å². The zero-order chi connectivity index (χ0) is 30.6. The summed E-state index contributed by atoms with van der Waals surface area (Å²) in [6.45, 7) is 5.08. The minimum atomic E-state index is -0.553. The molecule has 0 bridgehead atoms. The van der Waals surface area contributed by atoms with Gasteiger partial charge in [0.25, 0.3) is 0 Å². The van der Waals surface area contributed by atoms with Crippen LogP contribution in [-0.4, -0.2) is 37.0 Å². The van der Waals surface area contributed by atoms with E-state index in [-0.39, 0.29) is 19.2 Å². The molecule has 42 heavy (non-hydrogen) atoms. The molecular weight excluding hydrogens is 520 g/mol.